The molecule has 0 aliphatic heterocycles. The van der Waals surface area contributed by atoms with Crippen LogP contribution in [0.2, 0.25) is 0 Å². The predicted octanol–water partition coefficient (Wildman–Crippen LogP) is 2.92. The molecule has 1 aromatic carbocycles. The molecule has 0 heterocycles. The highest BCUT2D eigenvalue weighted by Gasteiger charge is 2.14. The molecule has 1 aromatic rings. The Morgan fingerprint density at radius 2 is 1.87 bits per heavy atom. The van der Waals surface area contributed by atoms with Crippen molar-refractivity contribution in [3.63, 3.8) is 0 Å². The van der Waals surface area contributed by atoms with Crippen LogP contribution < -0.4 is 9.47 Å². The molecule has 0 N–H and O–H groups in total. The van der Waals surface area contributed by atoms with Gasteiger partial charge in [0.1, 0.15) is 11.5 Å². The Morgan fingerprint density at radius 3 is 2.33 bits per heavy atom. The first-order valence-electron chi connectivity index (χ1n) is 4.54. The Labute approximate surface area is 98.5 Å². The van der Waals surface area contributed by atoms with Crippen molar-refractivity contribution in [3.8, 4) is 11.5 Å². The van der Waals surface area contributed by atoms with Gasteiger partial charge in [-0.3, -0.25) is 0 Å². The Bertz CT molecular complexity index is 350. The van der Waals surface area contributed by atoms with E-state index in [4.69, 9.17) is 14.2 Å². The topological polar surface area (TPSA) is 27.7 Å². The van der Waals surface area contributed by atoms with Gasteiger partial charge in [0.15, 0.2) is 0 Å². The summed E-state index contributed by atoms with van der Waals surface area (Å²) in [6.07, 6.45) is 0. The molecule has 0 bridgehead atoms. The van der Waals surface area contributed by atoms with Crippen molar-refractivity contribution in [1.82, 2.24) is 0 Å². The number of methoxy groups -OCH3 is 3. The molecule has 0 amide bonds. The number of hydrogen-bond acceptors (Lipinski definition) is 3. The molecule has 4 heteroatoms. The lowest BCUT2D eigenvalue weighted by atomic mass is 10.1. The van der Waals surface area contributed by atoms with E-state index in [1.165, 1.54) is 0 Å². The van der Waals surface area contributed by atoms with E-state index < -0.39 is 0 Å². The average molecular weight is 275 g/mol. The van der Waals surface area contributed by atoms with Gasteiger partial charge < -0.3 is 14.2 Å². The minimum absolute atomic E-state index is 0.521. The summed E-state index contributed by atoms with van der Waals surface area (Å²) in [7, 11) is 4.95. The SMILES string of the molecule is COCc1cc(OC)c(C)c(OC)c1Br. The summed E-state index contributed by atoms with van der Waals surface area (Å²) in [6.45, 7) is 2.48. The van der Waals surface area contributed by atoms with Crippen LogP contribution >= 0.6 is 15.9 Å². The van der Waals surface area contributed by atoms with Crippen molar-refractivity contribution >= 4 is 15.9 Å². The molecule has 0 radical (unpaired) electrons. The quantitative estimate of drug-likeness (QED) is 0.845. The highest BCUT2D eigenvalue weighted by atomic mass is 79.9. The summed E-state index contributed by atoms with van der Waals surface area (Å²) >= 11 is 3.50. The molecule has 15 heavy (non-hydrogen) atoms. The Kier molecular flexibility index (Phi) is 4.42. The number of halogens is 1. The Balaban J connectivity index is 3.30. The van der Waals surface area contributed by atoms with Gasteiger partial charge in [-0.05, 0) is 34.5 Å². The number of hydrogen-bond donors (Lipinski definition) is 0. The average Bonchev–Trinajstić information content (AvgIpc) is 2.23. The van der Waals surface area contributed by atoms with Gasteiger partial charge in [0.05, 0.1) is 25.3 Å². The summed E-state index contributed by atoms with van der Waals surface area (Å²) in [5.74, 6) is 1.60. The second kappa shape index (κ2) is 5.37. The van der Waals surface area contributed by atoms with Gasteiger partial charge in [-0.15, -0.1) is 0 Å². The number of rotatable bonds is 4. The van der Waals surface area contributed by atoms with E-state index in [0.29, 0.717) is 6.61 Å². The normalized spacial score (nSPS) is 10.2. The van der Waals surface area contributed by atoms with Crippen molar-refractivity contribution in [2.24, 2.45) is 0 Å². The Hall–Kier alpha value is -0.740. The summed E-state index contributed by atoms with van der Waals surface area (Å²) in [5.41, 5.74) is 1.99. The predicted molar refractivity (Wildman–Crippen MR) is 62.7 cm³/mol. The highest BCUT2D eigenvalue weighted by Crippen LogP contribution is 2.38. The maximum absolute atomic E-state index is 5.32. The molecule has 0 aromatic heterocycles. The molecule has 0 saturated heterocycles. The van der Waals surface area contributed by atoms with Gasteiger partial charge in [-0.2, -0.15) is 0 Å². The van der Waals surface area contributed by atoms with Crippen LogP contribution in [0.15, 0.2) is 10.5 Å². The molecule has 0 aliphatic rings. The zero-order chi connectivity index (χ0) is 11.4. The van der Waals surface area contributed by atoms with Crippen LogP contribution in [0.4, 0.5) is 0 Å². The zero-order valence-corrected chi connectivity index (χ0v) is 11.0. The lowest BCUT2D eigenvalue weighted by Gasteiger charge is -2.15. The van der Waals surface area contributed by atoms with Gasteiger partial charge in [0.2, 0.25) is 0 Å². The first-order chi connectivity index (χ1) is 7.15. The monoisotopic (exact) mass is 274 g/mol. The molecule has 0 aliphatic carbocycles. The summed E-state index contributed by atoms with van der Waals surface area (Å²) in [5, 5.41) is 0. The maximum Gasteiger partial charge on any atom is 0.140 e. The molecule has 1 rings (SSSR count). The third-order valence-electron chi connectivity index (χ3n) is 2.22. The second-order valence-electron chi connectivity index (χ2n) is 3.14. The molecule has 0 atom stereocenters. The minimum Gasteiger partial charge on any atom is -0.496 e. The van der Waals surface area contributed by atoms with Gasteiger partial charge in [-0.1, -0.05) is 0 Å². The standard InChI is InChI=1S/C11H15BrO3/c1-7-9(14-3)5-8(6-13-2)10(12)11(7)15-4/h5H,6H2,1-4H3. The van der Waals surface area contributed by atoms with E-state index in [9.17, 15) is 0 Å². The maximum atomic E-state index is 5.32. The summed E-state index contributed by atoms with van der Waals surface area (Å²) in [4.78, 5) is 0. The van der Waals surface area contributed by atoms with Crippen LogP contribution in [0, 0.1) is 6.92 Å². The van der Waals surface area contributed by atoms with Gasteiger partial charge in [0, 0.05) is 12.7 Å². The Morgan fingerprint density at radius 1 is 1.20 bits per heavy atom. The van der Waals surface area contributed by atoms with Gasteiger partial charge in [0.25, 0.3) is 0 Å². The largest absolute Gasteiger partial charge is 0.496 e. The third-order valence-corrected chi connectivity index (χ3v) is 3.09. The van der Waals surface area contributed by atoms with Crippen LogP contribution in [0.5, 0.6) is 11.5 Å². The number of ether oxygens (including phenoxy) is 3. The lowest BCUT2D eigenvalue weighted by Crippen LogP contribution is -1.98. The smallest absolute Gasteiger partial charge is 0.140 e. The van der Waals surface area contributed by atoms with Crippen molar-refractivity contribution in [1.29, 1.82) is 0 Å². The summed E-state index contributed by atoms with van der Waals surface area (Å²) in [6, 6.07) is 1.95. The van der Waals surface area contributed by atoms with Crippen LogP contribution in [-0.2, 0) is 11.3 Å². The molecule has 0 fully saturated rings. The fourth-order valence-corrected chi connectivity index (χ4v) is 2.16. The van der Waals surface area contributed by atoms with Crippen LogP contribution in [0.25, 0.3) is 0 Å². The molecular weight excluding hydrogens is 260 g/mol. The van der Waals surface area contributed by atoms with E-state index >= 15 is 0 Å². The van der Waals surface area contributed by atoms with Crippen molar-refractivity contribution in [3.05, 3.63) is 21.7 Å². The number of benzene rings is 1. The van der Waals surface area contributed by atoms with Gasteiger partial charge >= 0.3 is 0 Å². The third kappa shape index (κ3) is 2.44. The van der Waals surface area contributed by atoms with E-state index in [1.54, 1.807) is 21.3 Å². The van der Waals surface area contributed by atoms with E-state index in [0.717, 1.165) is 27.1 Å². The van der Waals surface area contributed by atoms with Crippen molar-refractivity contribution < 1.29 is 14.2 Å². The first kappa shape index (κ1) is 12.3. The molecule has 3 nitrogen and oxygen atoms in total. The molecular formula is C11H15BrO3. The summed E-state index contributed by atoms with van der Waals surface area (Å²) < 4.78 is 16.6. The molecule has 0 spiro atoms. The van der Waals surface area contributed by atoms with Crippen molar-refractivity contribution in [2.45, 2.75) is 13.5 Å². The van der Waals surface area contributed by atoms with E-state index in [-0.39, 0.29) is 0 Å². The fourth-order valence-electron chi connectivity index (χ4n) is 1.47. The first-order valence-corrected chi connectivity index (χ1v) is 5.33. The lowest BCUT2D eigenvalue weighted by molar-refractivity contribution is 0.183. The van der Waals surface area contributed by atoms with Crippen molar-refractivity contribution in [2.75, 3.05) is 21.3 Å². The highest BCUT2D eigenvalue weighted by molar-refractivity contribution is 9.10. The molecule has 0 unspecified atom stereocenters. The van der Waals surface area contributed by atoms with E-state index in [2.05, 4.69) is 15.9 Å². The minimum atomic E-state index is 0.521. The van der Waals surface area contributed by atoms with Crippen LogP contribution in [0.3, 0.4) is 0 Å². The van der Waals surface area contributed by atoms with E-state index in [1.807, 2.05) is 13.0 Å². The second-order valence-corrected chi connectivity index (χ2v) is 3.94. The van der Waals surface area contributed by atoms with Gasteiger partial charge in [-0.25, -0.2) is 0 Å². The van der Waals surface area contributed by atoms with Crippen LogP contribution in [0.1, 0.15) is 11.1 Å². The molecule has 84 valence electrons. The fraction of sp³-hybridized carbons (Fsp3) is 0.455. The molecule has 0 saturated carbocycles. The van der Waals surface area contributed by atoms with Crippen LogP contribution in [-0.4, -0.2) is 21.3 Å². The zero-order valence-electron chi connectivity index (χ0n) is 9.39.